The van der Waals surface area contributed by atoms with Crippen LogP contribution in [-0.4, -0.2) is 76.6 Å². The van der Waals surface area contributed by atoms with Crippen molar-refractivity contribution < 1.29 is 122 Å². The Balaban J connectivity index is 0.000000527. The molecule has 3 atom stereocenters. The van der Waals surface area contributed by atoms with Crippen molar-refractivity contribution >= 4 is 33.9 Å². The molecule has 46 heavy (non-hydrogen) atoms. The van der Waals surface area contributed by atoms with Gasteiger partial charge in [0, 0.05) is 12.1 Å². The zero-order chi connectivity index (χ0) is 32.0. The van der Waals surface area contributed by atoms with E-state index in [0.29, 0.717) is 0 Å². The predicted molar refractivity (Wildman–Crippen MR) is 144 cm³/mol. The molecule has 0 fully saturated rings. The van der Waals surface area contributed by atoms with E-state index in [1.54, 1.807) is 0 Å². The molecule has 0 unspecified atom stereocenters. The maximum Gasteiger partial charge on any atom is 1.00 e. The van der Waals surface area contributed by atoms with Crippen LogP contribution in [0.15, 0.2) is 79.3 Å². The Kier molecular flexibility index (Phi) is 14.9. The van der Waals surface area contributed by atoms with Gasteiger partial charge in [0.25, 0.3) is 0 Å². The fourth-order valence-corrected chi connectivity index (χ4v) is 4.01. The molecule has 0 amide bonds. The van der Waals surface area contributed by atoms with Crippen LogP contribution in [0.4, 0.5) is 0 Å². The maximum atomic E-state index is 12.3. The zero-order valence-corrected chi connectivity index (χ0v) is 28.5. The first-order valence-corrected chi connectivity index (χ1v) is 12.8. The number of aliphatic hydroxyl groups excluding tert-OH is 4. The topological polar surface area (TPSA) is 249 Å². The SMILES string of the molecule is O=C([O-])c1cc(=O)c2c(OCC(O)COc3cccc4oc(C(=O)[O-])cc(=O)c34)cccc2o1.OC[C@H]1OC=C[C@@H](O)[C@@H]1O.[Na+].[Na+]. The third-order valence-corrected chi connectivity index (χ3v) is 6.14. The fraction of sp³-hybridized carbons (Fsp3) is 0.241. The summed E-state index contributed by atoms with van der Waals surface area (Å²) >= 11 is 0. The van der Waals surface area contributed by atoms with Crippen LogP contribution in [0.1, 0.15) is 21.1 Å². The van der Waals surface area contributed by atoms with Gasteiger partial charge >= 0.3 is 59.1 Å². The van der Waals surface area contributed by atoms with Gasteiger partial charge in [-0.3, -0.25) is 9.59 Å². The Hall–Kier alpha value is -3.22. The van der Waals surface area contributed by atoms with Gasteiger partial charge in [-0.1, -0.05) is 12.1 Å². The smallest absolute Gasteiger partial charge is 0.542 e. The van der Waals surface area contributed by atoms with E-state index in [1.807, 2.05) is 0 Å². The van der Waals surface area contributed by atoms with Crippen LogP contribution in [0.3, 0.4) is 0 Å². The normalized spacial score (nSPS) is 16.8. The number of carboxylic acid groups (broad SMARTS) is 2. The minimum Gasteiger partial charge on any atom is -0.542 e. The van der Waals surface area contributed by atoms with Gasteiger partial charge in [0.2, 0.25) is 0 Å². The van der Waals surface area contributed by atoms with Crippen molar-refractivity contribution in [3.8, 4) is 11.5 Å². The second kappa shape index (κ2) is 17.6. The Bertz CT molecular complexity index is 1700. The van der Waals surface area contributed by atoms with Gasteiger partial charge < -0.3 is 63.3 Å². The molecule has 3 heterocycles. The average Bonchev–Trinajstić information content (AvgIpc) is 3.00. The molecule has 0 bridgehead atoms. The molecule has 2 aromatic heterocycles. The van der Waals surface area contributed by atoms with Crippen molar-refractivity contribution in [3.05, 3.63) is 92.8 Å². The molecule has 17 heteroatoms. The summed E-state index contributed by atoms with van der Waals surface area (Å²) in [5.41, 5.74) is -1.40. The second-order valence-electron chi connectivity index (χ2n) is 9.23. The molecule has 0 radical (unpaired) electrons. The van der Waals surface area contributed by atoms with E-state index in [-0.39, 0.29) is 112 Å². The number of ether oxygens (including phenoxy) is 3. The van der Waals surface area contributed by atoms with E-state index >= 15 is 0 Å². The van der Waals surface area contributed by atoms with Crippen LogP contribution in [0.2, 0.25) is 0 Å². The van der Waals surface area contributed by atoms with Gasteiger partial charge in [-0.25, -0.2) is 0 Å². The largest absolute Gasteiger partial charge is 1.00 e. The van der Waals surface area contributed by atoms with Crippen molar-refractivity contribution in [3.63, 3.8) is 0 Å². The van der Waals surface area contributed by atoms with Crippen molar-refractivity contribution in [1.29, 1.82) is 0 Å². The Morgan fingerprint density at radius 3 is 1.67 bits per heavy atom. The number of carbonyl (C=O) groups is 2. The van der Waals surface area contributed by atoms with Crippen LogP contribution in [-0.2, 0) is 4.74 Å². The molecule has 0 saturated heterocycles. The Morgan fingerprint density at radius 1 is 0.826 bits per heavy atom. The molecule has 0 saturated carbocycles. The molecule has 15 nitrogen and oxygen atoms in total. The van der Waals surface area contributed by atoms with Crippen LogP contribution in [0.5, 0.6) is 11.5 Å². The monoisotopic (exact) mass is 658 g/mol. The first-order valence-electron chi connectivity index (χ1n) is 12.8. The third kappa shape index (κ3) is 9.42. The van der Waals surface area contributed by atoms with E-state index in [9.17, 15) is 34.5 Å². The number of hydrogen-bond donors (Lipinski definition) is 4. The van der Waals surface area contributed by atoms with Gasteiger partial charge in [-0.15, -0.1) is 0 Å². The fourth-order valence-electron chi connectivity index (χ4n) is 4.01. The Morgan fingerprint density at radius 2 is 1.28 bits per heavy atom. The number of rotatable bonds is 9. The Labute approximate surface area is 302 Å². The predicted octanol–water partition coefficient (Wildman–Crippen LogP) is -7.93. The molecule has 2 aromatic carbocycles. The van der Waals surface area contributed by atoms with E-state index in [1.165, 1.54) is 48.7 Å². The number of carboxylic acids is 2. The molecule has 4 N–H and O–H groups in total. The first-order chi connectivity index (χ1) is 21.0. The van der Waals surface area contributed by atoms with Gasteiger partial charge in [0.05, 0.1) is 12.9 Å². The van der Waals surface area contributed by atoms with Crippen molar-refractivity contribution in [2.45, 2.75) is 24.4 Å². The number of carbonyl (C=O) groups excluding carboxylic acids is 2. The van der Waals surface area contributed by atoms with Gasteiger partial charge in [-0.2, -0.15) is 0 Å². The maximum absolute atomic E-state index is 12.3. The summed E-state index contributed by atoms with van der Waals surface area (Å²) in [4.78, 5) is 46.5. The standard InChI is InChI=1S/C23H16O11.C6H10O4.2Na/c24-11(9-31-14-3-1-5-16-20(14)12(25)7-18(33-16)22(27)28)10-32-15-4-2-6-17-21(15)13(26)8-19(34-17)23(29)30;7-3-5-6(9)4(8)1-2-10-5;;/h1-8,11,24H,9-10H2,(H,27,28)(H,29,30);1-2,4-9H,3H2;;/q;;2*+1/p-2/t;4-,5-,6+;;/m.1../s1. The molecular formula is C29H24Na2O15. The third-order valence-electron chi connectivity index (χ3n) is 6.14. The minimum absolute atomic E-state index is 0. The van der Waals surface area contributed by atoms with Crippen LogP contribution in [0.25, 0.3) is 21.9 Å². The van der Waals surface area contributed by atoms with Crippen molar-refractivity contribution in [2.24, 2.45) is 0 Å². The summed E-state index contributed by atoms with van der Waals surface area (Å²) in [5, 5.41) is 58.7. The van der Waals surface area contributed by atoms with Gasteiger partial charge in [-0.05, 0) is 30.3 Å². The second-order valence-corrected chi connectivity index (χ2v) is 9.23. The van der Waals surface area contributed by atoms with E-state index in [4.69, 9.17) is 38.4 Å². The molecule has 5 rings (SSSR count). The summed E-state index contributed by atoms with van der Waals surface area (Å²) in [6.45, 7) is -0.938. The zero-order valence-electron chi connectivity index (χ0n) is 24.5. The van der Waals surface area contributed by atoms with E-state index in [2.05, 4.69) is 0 Å². The van der Waals surface area contributed by atoms with Gasteiger partial charge in [0.1, 0.15) is 83.0 Å². The summed E-state index contributed by atoms with van der Waals surface area (Å²) in [6, 6.07) is 10.1. The van der Waals surface area contributed by atoms with Crippen molar-refractivity contribution in [1.82, 2.24) is 0 Å². The summed E-state index contributed by atoms with van der Waals surface area (Å²) in [7, 11) is 0. The molecule has 1 aliphatic rings. The summed E-state index contributed by atoms with van der Waals surface area (Å²) in [5.74, 6) is -4.44. The molecule has 4 aromatic rings. The molecule has 0 aliphatic carbocycles. The molecular weight excluding hydrogens is 634 g/mol. The first kappa shape index (κ1) is 39.0. The van der Waals surface area contributed by atoms with Gasteiger partial charge in [0.15, 0.2) is 22.4 Å². The van der Waals surface area contributed by atoms with Crippen LogP contribution < -0.4 is 89.7 Å². The van der Waals surface area contributed by atoms with Crippen LogP contribution in [0, 0.1) is 0 Å². The molecule has 1 aliphatic heterocycles. The van der Waals surface area contributed by atoms with Crippen molar-refractivity contribution in [2.75, 3.05) is 19.8 Å². The molecule has 232 valence electrons. The average molecular weight is 658 g/mol. The summed E-state index contributed by atoms with van der Waals surface area (Å²) in [6.07, 6.45) is -1.25. The van der Waals surface area contributed by atoms with Crippen LogP contribution >= 0.6 is 0 Å². The minimum atomic E-state index is -1.64. The number of aromatic carboxylic acids is 2. The summed E-state index contributed by atoms with van der Waals surface area (Å²) < 4.78 is 26.0. The number of aliphatic hydroxyl groups is 4. The molecule has 0 spiro atoms. The number of benzene rings is 2. The number of fused-ring (bicyclic) bond motifs is 2. The quantitative estimate of drug-likeness (QED) is 0.122. The van der Waals surface area contributed by atoms with E-state index < -0.39 is 58.7 Å². The van der Waals surface area contributed by atoms with E-state index in [0.717, 1.165) is 12.1 Å². The number of hydrogen-bond acceptors (Lipinski definition) is 15.